The Bertz CT molecular complexity index is 761. The molecule has 4 bridgehead atoms. The first-order valence-corrected chi connectivity index (χ1v) is 10.8. The molecule has 1 aromatic rings. The van der Waals surface area contributed by atoms with Crippen LogP contribution in [0.3, 0.4) is 0 Å². The van der Waals surface area contributed by atoms with Gasteiger partial charge in [0, 0.05) is 5.54 Å². The molecule has 0 aliphatic heterocycles. The highest BCUT2D eigenvalue weighted by Gasteiger charge is 2.60. The van der Waals surface area contributed by atoms with E-state index in [1.165, 1.54) is 30.4 Å². The number of benzene rings is 1. The van der Waals surface area contributed by atoms with Gasteiger partial charge in [-0.2, -0.15) is 0 Å². The molecule has 2 amide bonds. The summed E-state index contributed by atoms with van der Waals surface area (Å²) in [4.78, 5) is 25.5. The Morgan fingerprint density at radius 1 is 1.04 bits per heavy atom. The maximum absolute atomic E-state index is 13.3. The molecule has 4 fully saturated rings. The third kappa shape index (κ3) is 3.58. The number of carbonyl (C=O) groups is 2. The van der Waals surface area contributed by atoms with Gasteiger partial charge < -0.3 is 10.6 Å². The van der Waals surface area contributed by atoms with E-state index in [4.69, 9.17) is 0 Å². The predicted molar refractivity (Wildman–Crippen MR) is 111 cm³/mol. The second-order valence-electron chi connectivity index (χ2n) is 10.9. The molecule has 4 saturated carbocycles. The molecule has 2 unspecified atom stereocenters. The Hall–Kier alpha value is -1.84. The van der Waals surface area contributed by atoms with Crippen molar-refractivity contribution in [2.24, 2.45) is 17.3 Å². The van der Waals surface area contributed by atoms with Gasteiger partial charge in [0.25, 0.3) is 0 Å². The SMILES string of the molecule is Cc1ccc(C23CC4CC(CC(C(=O)NCC(=O)NC(C)(C)C)(C4)C2)C3)cc1. The maximum atomic E-state index is 13.3. The van der Waals surface area contributed by atoms with E-state index >= 15 is 0 Å². The van der Waals surface area contributed by atoms with Crippen LogP contribution in [0.1, 0.15) is 70.4 Å². The van der Waals surface area contributed by atoms with Gasteiger partial charge in [-0.15, -0.1) is 0 Å². The van der Waals surface area contributed by atoms with Gasteiger partial charge >= 0.3 is 0 Å². The summed E-state index contributed by atoms with van der Waals surface area (Å²) in [7, 11) is 0. The summed E-state index contributed by atoms with van der Waals surface area (Å²) in [5, 5.41) is 5.92. The molecular formula is C24H34N2O2. The lowest BCUT2D eigenvalue weighted by Crippen LogP contribution is -2.59. The summed E-state index contributed by atoms with van der Waals surface area (Å²) >= 11 is 0. The summed E-state index contributed by atoms with van der Waals surface area (Å²) in [6, 6.07) is 8.98. The fourth-order valence-electron chi connectivity index (χ4n) is 6.58. The standard InChI is InChI=1S/C24H34N2O2/c1-16-5-7-19(8-6-16)23-10-17-9-18(11-23)13-24(12-17,15-23)21(28)25-14-20(27)26-22(2,3)4/h5-8,17-18H,9-15H2,1-4H3,(H,25,28)(H,26,27). The predicted octanol–water partition coefficient (Wildman–Crippen LogP) is 3.86. The summed E-state index contributed by atoms with van der Waals surface area (Å²) < 4.78 is 0. The first-order valence-electron chi connectivity index (χ1n) is 10.8. The van der Waals surface area contributed by atoms with Crippen molar-refractivity contribution in [2.45, 2.75) is 77.2 Å². The van der Waals surface area contributed by atoms with Crippen molar-refractivity contribution in [2.75, 3.05) is 6.54 Å². The van der Waals surface area contributed by atoms with Gasteiger partial charge in [-0.05, 0) is 89.0 Å². The van der Waals surface area contributed by atoms with Crippen LogP contribution in [0.5, 0.6) is 0 Å². The van der Waals surface area contributed by atoms with E-state index in [-0.39, 0.29) is 34.7 Å². The van der Waals surface area contributed by atoms with Crippen LogP contribution in [0, 0.1) is 24.2 Å². The summed E-state index contributed by atoms with van der Waals surface area (Å²) in [5.74, 6) is 1.26. The molecule has 0 saturated heterocycles. The second kappa shape index (κ2) is 6.60. The van der Waals surface area contributed by atoms with Crippen molar-refractivity contribution in [3.63, 3.8) is 0 Å². The van der Waals surface area contributed by atoms with Crippen molar-refractivity contribution in [3.05, 3.63) is 35.4 Å². The highest BCUT2D eigenvalue weighted by atomic mass is 16.2. The molecule has 28 heavy (non-hydrogen) atoms. The summed E-state index contributed by atoms with van der Waals surface area (Å²) in [5.41, 5.74) is 2.26. The van der Waals surface area contributed by atoms with Gasteiger partial charge in [0.2, 0.25) is 11.8 Å². The van der Waals surface area contributed by atoms with E-state index < -0.39 is 0 Å². The molecule has 152 valence electrons. The third-order valence-electron chi connectivity index (χ3n) is 7.13. The minimum atomic E-state index is -0.295. The van der Waals surface area contributed by atoms with Crippen LogP contribution in [0.15, 0.2) is 24.3 Å². The molecule has 4 nitrogen and oxygen atoms in total. The second-order valence-corrected chi connectivity index (χ2v) is 10.9. The third-order valence-corrected chi connectivity index (χ3v) is 7.13. The highest BCUT2D eigenvalue weighted by Crippen LogP contribution is 2.65. The van der Waals surface area contributed by atoms with E-state index in [1.54, 1.807) is 0 Å². The van der Waals surface area contributed by atoms with Crippen LogP contribution in [-0.4, -0.2) is 23.9 Å². The number of hydrogen-bond donors (Lipinski definition) is 2. The fourth-order valence-corrected chi connectivity index (χ4v) is 6.58. The Morgan fingerprint density at radius 2 is 1.64 bits per heavy atom. The molecule has 4 aliphatic carbocycles. The van der Waals surface area contributed by atoms with E-state index in [0.29, 0.717) is 11.8 Å². The molecule has 0 radical (unpaired) electrons. The monoisotopic (exact) mass is 382 g/mol. The van der Waals surface area contributed by atoms with Crippen LogP contribution < -0.4 is 10.6 Å². The van der Waals surface area contributed by atoms with Crippen molar-refractivity contribution in [1.29, 1.82) is 0 Å². The number of rotatable bonds is 4. The number of carbonyl (C=O) groups excluding carboxylic acids is 2. The molecule has 0 aromatic heterocycles. The Balaban J connectivity index is 1.52. The van der Waals surface area contributed by atoms with Gasteiger partial charge in [0.1, 0.15) is 0 Å². The van der Waals surface area contributed by atoms with E-state index in [0.717, 1.165) is 19.3 Å². The van der Waals surface area contributed by atoms with E-state index in [1.807, 2.05) is 20.8 Å². The first-order chi connectivity index (χ1) is 13.1. The largest absolute Gasteiger partial charge is 0.350 e. The average Bonchev–Trinajstić information content (AvgIpc) is 2.57. The van der Waals surface area contributed by atoms with Gasteiger partial charge in [-0.3, -0.25) is 9.59 Å². The maximum Gasteiger partial charge on any atom is 0.239 e. The Morgan fingerprint density at radius 3 is 2.21 bits per heavy atom. The average molecular weight is 383 g/mol. The number of amides is 2. The number of nitrogens with one attached hydrogen (secondary N) is 2. The molecule has 2 N–H and O–H groups in total. The zero-order chi connectivity index (χ0) is 20.2. The lowest BCUT2D eigenvalue weighted by atomic mass is 9.42. The van der Waals surface area contributed by atoms with Gasteiger partial charge in [-0.1, -0.05) is 29.8 Å². The first kappa shape index (κ1) is 19.5. The topological polar surface area (TPSA) is 58.2 Å². The molecule has 4 heteroatoms. The van der Waals surface area contributed by atoms with Crippen molar-refractivity contribution >= 4 is 11.8 Å². The van der Waals surface area contributed by atoms with Crippen LogP contribution in [0.2, 0.25) is 0 Å². The minimum absolute atomic E-state index is 0.0741. The van der Waals surface area contributed by atoms with Crippen LogP contribution >= 0.6 is 0 Å². The zero-order valence-electron chi connectivity index (χ0n) is 17.7. The Kier molecular flexibility index (Phi) is 4.59. The Labute approximate surface area is 168 Å². The number of aryl methyl sites for hydroxylation is 1. The number of hydrogen-bond acceptors (Lipinski definition) is 2. The molecule has 4 aliphatic rings. The smallest absolute Gasteiger partial charge is 0.239 e. The lowest BCUT2D eigenvalue weighted by Gasteiger charge is -2.61. The minimum Gasteiger partial charge on any atom is -0.350 e. The normalized spacial score (nSPS) is 33.6. The zero-order valence-corrected chi connectivity index (χ0v) is 17.7. The summed E-state index contributed by atoms with van der Waals surface area (Å²) in [6.07, 6.45) is 6.61. The van der Waals surface area contributed by atoms with Gasteiger partial charge in [-0.25, -0.2) is 0 Å². The fraction of sp³-hybridized carbons (Fsp3) is 0.667. The van der Waals surface area contributed by atoms with Crippen molar-refractivity contribution in [3.8, 4) is 0 Å². The van der Waals surface area contributed by atoms with Crippen molar-refractivity contribution < 1.29 is 9.59 Å². The van der Waals surface area contributed by atoms with Gasteiger partial charge in [0.05, 0.1) is 12.0 Å². The molecule has 5 rings (SSSR count). The lowest BCUT2D eigenvalue weighted by molar-refractivity contribution is -0.150. The van der Waals surface area contributed by atoms with E-state index in [9.17, 15) is 9.59 Å². The quantitative estimate of drug-likeness (QED) is 0.831. The van der Waals surface area contributed by atoms with Crippen LogP contribution in [-0.2, 0) is 15.0 Å². The van der Waals surface area contributed by atoms with Gasteiger partial charge in [0.15, 0.2) is 0 Å². The molecule has 0 spiro atoms. The molecule has 2 atom stereocenters. The molecule has 1 aromatic carbocycles. The van der Waals surface area contributed by atoms with Crippen molar-refractivity contribution in [1.82, 2.24) is 10.6 Å². The highest BCUT2D eigenvalue weighted by molar-refractivity contribution is 5.88. The molecular weight excluding hydrogens is 348 g/mol. The van der Waals surface area contributed by atoms with E-state index in [2.05, 4.69) is 41.8 Å². The summed E-state index contributed by atoms with van der Waals surface area (Å²) in [6.45, 7) is 8.07. The van der Waals surface area contributed by atoms with Crippen LogP contribution in [0.25, 0.3) is 0 Å². The molecule has 0 heterocycles. The van der Waals surface area contributed by atoms with Crippen LogP contribution in [0.4, 0.5) is 0 Å².